The molecule has 4 aliphatic heterocycles. The third-order valence-electron chi connectivity index (χ3n) is 19.0. The number of aliphatic hydroxyl groups excluding tert-OH is 9. The van der Waals surface area contributed by atoms with E-state index in [1.165, 1.54) is 34.8 Å². The van der Waals surface area contributed by atoms with Gasteiger partial charge in [-0.1, -0.05) is 22.6 Å². The Morgan fingerprint density at radius 1 is 0.415 bits per heavy atom. The predicted octanol–water partition coefficient (Wildman–Crippen LogP) is -9.92. The molecule has 3 aromatic rings. The van der Waals surface area contributed by atoms with E-state index in [0.717, 1.165) is 4.90 Å². The van der Waals surface area contributed by atoms with Crippen molar-refractivity contribution in [3.05, 3.63) is 35.7 Å². The van der Waals surface area contributed by atoms with E-state index in [4.69, 9.17) is 80.5 Å². The number of rotatable bonds is 64. The van der Waals surface area contributed by atoms with Gasteiger partial charge in [-0.2, -0.15) is 0 Å². The minimum atomic E-state index is -1.48. The zero-order valence-corrected chi connectivity index (χ0v) is 69.5. The molecule has 123 heavy (non-hydrogen) atoms. The third kappa shape index (κ3) is 36.7. The van der Waals surface area contributed by atoms with Gasteiger partial charge in [-0.25, -0.2) is 14.0 Å². The molecule has 7 heterocycles. The standard InChI is InChI=1S/C73H122N16O34/c1-46-33-59(99)89(69(46)106)10-6-56(96)75-9-15-108-20-19-107-14-7-57(97)74-8-5-58(98)79-73(43-115-40-50-34-86(83-80-50)11-16-109-21-24-112-27-30-118-70-60(76-47(2)93)66(103)63(100)53(37-90)121-70,44-116-41-51-35-87(84-81-51)12-17-110-22-25-113-28-31-119-71-61(77-48(3)94)67(104)64(101)54(38-91)122-71)45-117-42-52-36-88(85-82-52)13-18-111-23-26-114-29-32-120-72-62(78-49(4)95)68(105)65(102)55(39-92)123-72/h34-36,46,53-55,60-68,70-72,90-92,100-105H,5-33,37-45H2,1-4H3,(H,74,97)(H,75,96)(H,76,93)(H,77,94)(H,78,95)(H,79,98)/t46?,53?,54?,55?,60?,61?,62?,63-,64-,65-,66?,67?,68?,70+,71+,72+,73?/m1/s1. The highest BCUT2D eigenvalue weighted by molar-refractivity contribution is 6.03. The normalized spacial score (nSPS) is 24.6. The van der Waals surface area contributed by atoms with Gasteiger partial charge in [-0.15, -0.1) is 15.3 Å². The molecule has 8 amide bonds. The number of amides is 8. The van der Waals surface area contributed by atoms with Crippen LogP contribution in [0.4, 0.5) is 0 Å². The molecule has 50 nitrogen and oxygen atoms in total. The molecule has 4 saturated heterocycles. The van der Waals surface area contributed by atoms with Crippen molar-refractivity contribution in [2.75, 3.05) is 185 Å². The van der Waals surface area contributed by atoms with Crippen molar-refractivity contribution in [1.82, 2.24) is 81.8 Å². The molecule has 0 spiro atoms. The Morgan fingerprint density at radius 2 is 0.748 bits per heavy atom. The van der Waals surface area contributed by atoms with Crippen LogP contribution in [0.1, 0.15) is 70.5 Å². The van der Waals surface area contributed by atoms with Crippen LogP contribution in [0, 0.1) is 5.92 Å². The third-order valence-corrected chi connectivity index (χ3v) is 19.0. The Balaban J connectivity index is 0.911. The van der Waals surface area contributed by atoms with Crippen LogP contribution in [-0.4, -0.2) is 425 Å². The minimum absolute atomic E-state index is 0.00331. The molecule has 0 aliphatic carbocycles. The average Bonchev–Trinajstić information content (AvgIpc) is 1.30. The van der Waals surface area contributed by atoms with Gasteiger partial charge in [-0.3, -0.25) is 43.3 Å². The number of aromatic nitrogens is 9. The summed E-state index contributed by atoms with van der Waals surface area (Å²) in [5, 5.41) is 133. The number of nitrogens with zero attached hydrogens (tertiary/aromatic N) is 10. The van der Waals surface area contributed by atoms with Crippen LogP contribution < -0.4 is 31.9 Å². The number of nitrogens with one attached hydrogen (secondary N) is 6. The second-order valence-electron chi connectivity index (χ2n) is 29.0. The first-order valence-corrected chi connectivity index (χ1v) is 40.6. The summed E-state index contributed by atoms with van der Waals surface area (Å²) in [7, 11) is 0. The number of aliphatic hydroxyl groups is 9. The first-order valence-electron chi connectivity index (χ1n) is 40.6. The van der Waals surface area contributed by atoms with Gasteiger partial charge in [0.15, 0.2) is 18.9 Å². The molecule has 698 valence electrons. The zero-order valence-electron chi connectivity index (χ0n) is 69.5. The van der Waals surface area contributed by atoms with Crippen molar-refractivity contribution in [1.29, 1.82) is 0 Å². The summed E-state index contributed by atoms with van der Waals surface area (Å²) >= 11 is 0. The van der Waals surface area contributed by atoms with Crippen molar-refractivity contribution in [2.24, 2.45) is 5.92 Å². The lowest BCUT2D eigenvalue weighted by Gasteiger charge is -2.42. The van der Waals surface area contributed by atoms with Gasteiger partial charge < -0.3 is 158 Å². The average molecular weight is 1770 g/mol. The van der Waals surface area contributed by atoms with E-state index < -0.39 is 153 Å². The molecule has 10 unspecified atom stereocenters. The van der Waals surface area contributed by atoms with E-state index in [-0.39, 0.29) is 248 Å². The zero-order chi connectivity index (χ0) is 88.9. The molecule has 0 saturated carbocycles. The van der Waals surface area contributed by atoms with Gasteiger partial charge >= 0.3 is 0 Å². The predicted molar refractivity (Wildman–Crippen MR) is 411 cm³/mol. The topological polar surface area (TPSA) is 643 Å². The fraction of sp³-hybridized carbons (Fsp3) is 0.808. The molecule has 4 aliphatic rings. The van der Waals surface area contributed by atoms with Crippen molar-refractivity contribution < 1.29 is 165 Å². The molecule has 16 atom stereocenters. The fourth-order valence-electron chi connectivity index (χ4n) is 12.7. The van der Waals surface area contributed by atoms with Crippen LogP contribution in [0.3, 0.4) is 0 Å². The first-order chi connectivity index (χ1) is 59.3. The van der Waals surface area contributed by atoms with Crippen LogP contribution in [0.5, 0.6) is 0 Å². The Kier molecular flexibility index (Phi) is 47.0. The lowest BCUT2D eigenvalue weighted by atomic mass is 9.97. The number of likely N-dealkylation sites (tertiary alicyclic amines) is 1. The fourth-order valence-corrected chi connectivity index (χ4v) is 12.7. The van der Waals surface area contributed by atoms with Gasteiger partial charge in [0.05, 0.1) is 223 Å². The second-order valence-corrected chi connectivity index (χ2v) is 29.0. The van der Waals surface area contributed by atoms with E-state index in [1.54, 1.807) is 25.5 Å². The van der Waals surface area contributed by atoms with Gasteiger partial charge in [0, 0.05) is 72.0 Å². The van der Waals surface area contributed by atoms with Gasteiger partial charge in [0.1, 0.15) is 95.7 Å². The molecule has 15 N–H and O–H groups in total. The largest absolute Gasteiger partial charge is 0.394 e. The number of ether oxygens (including phenoxy) is 17. The highest BCUT2D eigenvalue weighted by Crippen LogP contribution is 2.26. The molecule has 50 heteroatoms. The van der Waals surface area contributed by atoms with Crippen LogP contribution in [0.15, 0.2) is 18.6 Å². The summed E-state index contributed by atoms with van der Waals surface area (Å²) in [6, 6.07) is -3.31. The maximum atomic E-state index is 14.2. The molecule has 0 aromatic carbocycles. The van der Waals surface area contributed by atoms with Crippen molar-refractivity contribution in [3.63, 3.8) is 0 Å². The molecular weight excluding hydrogens is 1640 g/mol. The van der Waals surface area contributed by atoms with Crippen LogP contribution in [-0.2, 0) is 158 Å². The number of hydrogen-bond acceptors (Lipinski definition) is 40. The van der Waals surface area contributed by atoms with E-state index in [1.807, 2.05) is 0 Å². The van der Waals surface area contributed by atoms with Crippen LogP contribution >= 0.6 is 0 Å². The lowest BCUT2D eigenvalue weighted by Crippen LogP contribution is -2.64. The number of carbonyl (C=O) groups is 8. The van der Waals surface area contributed by atoms with Gasteiger partial charge in [0.25, 0.3) is 0 Å². The summed E-state index contributed by atoms with van der Waals surface area (Å²) in [4.78, 5) is 100. The van der Waals surface area contributed by atoms with E-state index in [2.05, 4.69) is 62.8 Å². The second kappa shape index (κ2) is 56.4. The Labute approximate surface area is 708 Å². The van der Waals surface area contributed by atoms with Crippen LogP contribution in [0.2, 0.25) is 0 Å². The molecule has 4 fully saturated rings. The quantitative estimate of drug-likeness (QED) is 0.0184. The van der Waals surface area contributed by atoms with Crippen molar-refractivity contribution in [2.45, 2.75) is 190 Å². The van der Waals surface area contributed by atoms with Crippen molar-refractivity contribution in [3.8, 4) is 0 Å². The molecular formula is C73H122N16O34. The smallest absolute Gasteiger partial charge is 0.232 e. The summed E-state index contributed by atoms with van der Waals surface area (Å²) in [6.45, 7) is 5.52. The maximum Gasteiger partial charge on any atom is 0.232 e. The Bertz CT molecular complexity index is 3310. The van der Waals surface area contributed by atoms with Gasteiger partial charge in [-0.05, 0) is 0 Å². The monoisotopic (exact) mass is 1770 g/mol. The summed E-state index contributed by atoms with van der Waals surface area (Å²) in [5.41, 5.74) is -0.301. The Morgan fingerprint density at radius 3 is 1.10 bits per heavy atom. The van der Waals surface area contributed by atoms with Crippen molar-refractivity contribution >= 4 is 47.3 Å². The van der Waals surface area contributed by atoms with E-state index in [0.29, 0.717) is 17.1 Å². The van der Waals surface area contributed by atoms with Gasteiger partial charge in [0.2, 0.25) is 47.3 Å². The number of carbonyl (C=O) groups excluding carboxylic acids is 8. The summed E-state index contributed by atoms with van der Waals surface area (Å²) in [6.07, 6.45) is -11.0. The highest BCUT2D eigenvalue weighted by Gasteiger charge is 2.48. The van der Waals surface area contributed by atoms with Crippen LogP contribution in [0.25, 0.3) is 0 Å². The molecule has 3 aromatic heterocycles. The van der Waals surface area contributed by atoms with E-state index >= 15 is 0 Å². The highest BCUT2D eigenvalue weighted by atomic mass is 16.7. The number of imide groups is 1. The lowest BCUT2D eigenvalue weighted by molar-refractivity contribution is -0.272. The molecule has 7 rings (SSSR count). The van der Waals surface area contributed by atoms with E-state index in [9.17, 15) is 84.3 Å². The number of hydrogen-bond donors (Lipinski definition) is 15. The maximum absolute atomic E-state index is 14.2. The SMILES string of the molecule is CC(=O)NC1C(O)[C@H](O)C(CO)O[C@@H]1OCCOCCOCCn1cc(COCC(COCc2cn(CCOCCOCCO[C@H]3OC(CO)[C@@H](O)C(O)C3NC(C)=O)nn2)(COCc2cn(CCOCCOCCO[C@H]3OC(CO)[C@@H](O)C(O)C3NC(C)=O)nn2)NC(=O)CCNC(=O)CCOCCOCCNC(=O)CCN2C(=O)CC(C)C2=O)nn1. The summed E-state index contributed by atoms with van der Waals surface area (Å²) < 4.78 is 102. The summed E-state index contributed by atoms with van der Waals surface area (Å²) in [5.74, 6) is -3.77. The Hall–Kier alpha value is -7.66. The molecule has 0 bridgehead atoms. The molecule has 0 radical (unpaired) electrons. The minimum Gasteiger partial charge on any atom is -0.394 e. The first kappa shape index (κ1) is 102.